The summed E-state index contributed by atoms with van der Waals surface area (Å²) in [6.07, 6.45) is 2.74. The third-order valence-corrected chi connectivity index (χ3v) is 3.14. The lowest BCUT2D eigenvalue weighted by Gasteiger charge is -2.24. The van der Waals surface area contributed by atoms with E-state index in [1.54, 1.807) is 13.2 Å². The molecule has 2 rings (SSSR count). The van der Waals surface area contributed by atoms with Crippen LogP contribution in [0.4, 0.5) is 0 Å². The average Bonchev–Trinajstić information content (AvgIpc) is 2.28. The fraction of sp³-hybridized carbons (Fsp3) is 0.583. The second-order valence-corrected chi connectivity index (χ2v) is 4.29. The van der Waals surface area contributed by atoms with Crippen molar-refractivity contribution >= 4 is 0 Å². The van der Waals surface area contributed by atoms with E-state index in [1.807, 2.05) is 10.6 Å². The van der Waals surface area contributed by atoms with Crippen LogP contribution < -0.4 is 11.3 Å². The van der Waals surface area contributed by atoms with E-state index in [4.69, 9.17) is 10.5 Å². The van der Waals surface area contributed by atoms with E-state index in [9.17, 15) is 4.79 Å². The Kier molecular flexibility index (Phi) is 3.41. The molecule has 16 heavy (non-hydrogen) atoms. The molecule has 0 amide bonds. The molecular formula is C12H18N2O2. The van der Waals surface area contributed by atoms with Crippen LogP contribution in [-0.4, -0.2) is 24.3 Å². The molecule has 0 saturated heterocycles. The molecule has 0 aromatic carbocycles. The average molecular weight is 222 g/mol. The van der Waals surface area contributed by atoms with Crippen molar-refractivity contribution in [3.8, 4) is 0 Å². The zero-order chi connectivity index (χ0) is 11.5. The highest BCUT2D eigenvalue weighted by Gasteiger charge is 2.18. The van der Waals surface area contributed by atoms with Gasteiger partial charge in [0, 0.05) is 31.5 Å². The number of nitrogens with zero attached hydrogens (tertiary/aromatic N) is 1. The Morgan fingerprint density at radius 3 is 3.12 bits per heavy atom. The van der Waals surface area contributed by atoms with Crippen molar-refractivity contribution in [2.75, 3.05) is 13.7 Å². The number of nitrogens with two attached hydrogens (primary N) is 1. The molecule has 88 valence electrons. The van der Waals surface area contributed by atoms with E-state index in [1.165, 1.54) is 5.56 Å². The van der Waals surface area contributed by atoms with Gasteiger partial charge in [-0.2, -0.15) is 0 Å². The molecule has 0 spiro atoms. The third kappa shape index (κ3) is 2.18. The number of pyridine rings is 1. The Hall–Kier alpha value is -1.13. The van der Waals surface area contributed by atoms with Crippen LogP contribution in [0.3, 0.4) is 0 Å². The molecule has 0 radical (unpaired) electrons. The zero-order valence-electron chi connectivity index (χ0n) is 9.61. The molecule has 0 unspecified atom stereocenters. The number of hydrogen-bond donors (Lipinski definition) is 1. The molecule has 1 aromatic heterocycles. The van der Waals surface area contributed by atoms with Gasteiger partial charge in [0.1, 0.15) is 0 Å². The van der Waals surface area contributed by atoms with E-state index in [0.29, 0.717) is 13.2 Å². The summed E-state index contributed by atoms with van der Waals surface area (Å²) in [5, 5.41) is 0. The predicted molar refractivity (Wildman–Crippen MR) is 62.6 cm³/mol. The van der Waals surface area contributed by atoms with Gasteiger partial charge in [-0.25, -0.2) is 0 Å². The SMILES string of the molecule is COCCn1c2c(ccc1=O)C[C@@H](N)CC2. The van der Waals surface area contributed by atoms with Crippen molar-refractivity contribution in [3.05, 3.63) is 33.7 Å². The summed E-state index contributed by atoms with van der Waals surface area (Å²) in [7, 11) is 1.65. The molecule has 1 heterocycles. The molecule has 2 N–H and O–H groups in total. The fourth-order valence-electron chi connectivity index (χ4n) is 2.28. The van der Waals surface area contributed by atoms with Gasteiger partial charge in [-0.3, -0.25) is 4.79 Å². The third-order valence-electron chi connectivity index (χ3n) is 3.14. The maximum absolute atomic E-state index is 11.8. The van der Waals surface area contributed by atoms with Gasteiger partial charge < -0.3 is 15.0 Å². The Morgan fingerprint density at radius 1 is 1.56 bits per heavy atom. The Balaban J connectivity index is 2.35. The number of fused-ring (bicyclic) bond motifs is 1. The van der Waals surface area contributed by atoms with E-state index in [-0.39, 0.29) is 11.6 Å². The van der Waals surface area contributed by atoms with Crippen molar-refractivity contribution in [2.24, 2.45) is 5.73 Å². The first-order valence-electron chi connectivity index (χ1n) is 5.68. The first-order valence-corrected chi connectivity index (χ1v) is 5.68. The fourth-order valence-corrected chi connectivity index (χ4v) is 2.28. The highest BCUT2D eigenvalue weighted by molar-refractivity contribution is 5.25. The number of hydrogen-bond acceptors (Lipinski definition) is 3. The van der Waals surface area contributed by atoms with E-state index in [2.05, 4.69) is 0 Å². The lowest BCUT2D eigenvalue weighted by Crippen LogP contribution is -2.34. The summed E-state index contributed by atoms with van der Waals surface area (Å²) in [5.74, 6) is 0. The van der Waals surface area contributed by atoms with Gasteiger partial charge in [0.15, 0.2) is 0 Å². The number of methoxy groups -OCH3 is 1. The van der Waals surface area contributed by atoms with Crippen LogP contribution in [0.1, 0.15) is 17.7 Å². The molecule has 4 nitrogen and oxygen atoms in total. The summed E-state index contributed by atoms with van der Waals surface area (Å²) in [6.45, 7) is 1.20. The molecule has 4 heteroatoms. The van der Waals surface area contributed by atoms with Crippen LogP contribution in [0.25, 0.3) is 0 Å². The Morgan fingerprint density at radius 2 is 2.38 bits per heavy atom. The van der Waals surface area contributed by atoms with Gasteiger partial charge in [0.05, 0.1) is 6.61 Å². The summed E-state index contributed by atoms with van der Waals surface area (Å²) < 4.78 is 6.85. The van der Waals surface area contributed by atoms with E-state index in [0.717, 1.165) is 25.0 Å². The minimum Gasteiger partial charge on any atom is -0.383 e. The number of rotatable bonds is 3. The van der Waals surface area contributed by atoms with Crippen molar-refractivity contribution in [2.45, 2.75) is 31.8 Å². The van der Waals surface area contributed by atoms with E-state index < -0.39 is 0 Å². The summed E-state index contributed by atoms with van der Waals surface area (Å²) in [6, 6.07) is 3.79. The number of aromatic nitrogens is 1. The van der Waals surface area contributed by atoms with Crippen molar-refractivity contribution < 1.29 is 4.74 Å². The highest BCUT2D eigenvalue weighted by atomic mass is 16.5. The second kappa shape index (κ2) is 4.80. The predicted octanol–water partition coefficient (Wildman–Crippen LogP) is 0.311. The molecule has 0 aliphatic heterocycles. The number of ether oxygens (including phenoxy) is 1. The zero-order valence-corrected chi connectivity index (χ0v) is 9.61. The van der Waals surface area contributed by atoms with Crippen LogP contribution in [-0.2, 0) is 24.1 Å². The van der Waals surface area contributed by atoms with Crippen LogP contribution in [0.2, 0.25) is 0 Å². The Labute approximate surface area is 95.0 Å². The minimum absolute atomic E-state index is 0.0614. The van der Waals surface area contributed by atoms with Gasteiger partial charge in [-0.15, -0.1) is 0 Å². The van der Waals surface area contributed by atoms with Gasteiger partial charge in [0.2, 0.25) is 0 Å². The smallest absolute Gasteiger partial charge is 0.250 e. The second-order valence-electron chi connectivity index (χ2n) is 4.29. The standard InChI is InChI=1S/C12H18N2O2/c1-16-7-6-14-11-4-3-10(13)8-9(11)2-5-12(14)15/h2,5,10H,3-4,6-8,13H2,1H3/t10-/m0/s1. The first-order chi connectivity index (χ1) is 7.72. The van der Waals surface area contributed by atoms with Crippen molar-refractivity contribution in [3.63, 3.8) is 0 Å². The molecule has 1 aromatic rings. The minimum atomic E-state index is 0.0614. The van der Waals surface area contributed by atoms with Gasteiger partial charge in [0.25, 0.3) is 5.56 Å². The quantitative estimate of drug-likeness (QED) is 0.801. The van der Waals surface area contributed by atoms with Crippen LogP contribution in [0, 0.1) is 0 Å². The molecule has 1 aliphatic rings. The molecule has 1 aliphatic carbocycles. The van der Waals surface area contributed by atoms with Gasteiger partial charge in [-0.05, 0) is 24.8 Å². The van der Waals surface area contributed by atoms with Crippen molar-refractivity contribution in [1.29, 1.82) is 0 Å². The summed E-state index contributed by atoms with van der Waals surface area (Å²) in [4.78, 5) is 11.8. The largest absolute Gasteiger partial charge is 0.383 e. The van der Waals surface area contributed by atoms with Crippen molar-refractivity contribution in [1.82, 2.24) is 4.57 Å². The highest BCUT2D eigenvalue weighted by Crippen LogP contribution is 2.18. The Bertz CT molecular complexity index is 426. The summed E-state index contributed by atoms with van der Waals surface area (Å²) >= 11 is 0. The van der Waals surface area contributed by atoms with Crippen LogP contribution in [0.5, 0.6) is 0 Å². The van der Waals surface area contributed by atoms with Gasteiger partial charge >= 0.3 is 0 Å². The molecule has 0 bridgehead atoms. The lowest BCUT2D eigenvalue weighted by molar-refractivity contribution is 0.185. The molecule has 1 atom stereocenters. The monoisotopic (exact) mass is 222 g/mol. The molecular weight excluding hydrogens is 204 g/mol. The van der Waals surface area contributed by atoms with Gasteiger partial charge in [-0.1, -0.05) is 6.07 Å². The summed E-state index contributed by atoms with van der Waals surface area (Å²) in [5.41, 5.74) is 8.35. The molecule has 0 fully saturated rings. The maximum Gasteiger partial charge on any atom is 0.250 e. The van der Waals surface area contributed by atoms with Crippen LogP contribution in [0.15, 0.2) is 16.9 Å². The first kappa shape index (κ1) is 11.4. The normalized spacial score (nSPS) is 19.5. The maximum atomic E-state index is 11.8. The van der Waals surface area contributed by atoms with Crippen LogP contribution >= 0.6 is 0 Å². The topological polar surface area (TPSA) is 57.2 Å². The molecule has 0 saturated carbocycles. The van der Waals surface area contributed by atoms with E-state index >= 15 is 0 Å². The lowest BCUT2D eigenvalue weighted by atomic mass is 9.92.